The van der Waals surface area contributed by atoms with Gasteiger partial charge in [0.05, 0.1) is 5.69 Å². The van der Waals surface area contributed by atoms with Crippen molar-refractivity contribution in [2.75, 3.05) is 0 Å². The molecule has 0 unspecified atom stereocenters. The van der Waals surface area contributed by atoms with Gasteiger partial charge in [-0.2, -0.15) is 0 Å². The Morgan fingerprint density at radius 1 is 1.43 bits per heavy atom. The van der Waals surface area contributed by atoms with Gasteiger partial charge in [0, 0.05) is 6.54 Å². The molecule has 1 rings (SSSR count). The molecule has 0 saturated carbocycles. The minimum Gasteiger partial charge on any atom is -0.248 e. The topological polar surface area (TPSA) is 30.7 Å². The summed E-state index contributed by atoms with van der Waals surface area (Å²) in [4.78, 5) is 0. The predicted octanol–water partition coefficient (Wildman–Crippen LogP) is 2.93. The molecule has 80 valence electrons. The summed E-state index contributed by atoms with van der Waals surface area (Å²) in [6.07, 6.45) is 3.25. The predicted molar refractivity (Wildman–Crippen MR) is 58.5 cm³/mol. The molecule has 4 heteroatoms. The molecule has 0 N–H and O–H groups in total. The Kier molecular flexibility index (Phi) is 4.39. The van der Waals surface area contributed by atoms with E-state index in [-0.39, 0.29) is 0 Å². The van der Waals surface area contributed by atoms with Gasteiger partial charge in [0.15, 0.2) is 5.15 Å². The number of rotatable bonds is 5. The van der Waals surface area contributed by atoms with Crippen LogP contribution in [-0.2, 0) is 13.0 Å². The third-order valence-electron chi connectivity index (χ3n) is 2.12. The Morgan fingerprint density at radius 2 is 2.14 bits per heavy atom. The monoisotopic (exact) mass is 215 g/mol. The van der Waals surface area contributed by atoms with Crippen LogP contribution in [0.2, 0.25) is 5.15 Å². The third kappa shape index (κ3) is 2.98. The van der Waals surface area contributed by atoms with E-state index in [1.165, 1.54) is 6.42 Å². The zero-order valence-electron chi connectivity index (χ0n) is 9.13. The highest BCUT2D eigenvalue weighted by Gasteiger charge is 2.11. The highest BCUT2D eigenvalue weighted by Crippen LogP contribution is 2.16. The van der Waals surface area contributed by atoms with E-state index in [0.717, 1.165) is 25.1 Å². The molecule has 0 atom stereocenters. The van der Waals surface area contributed by atoms with E-state index in [1.54, 1.807) is 0 Å². The Balaban J connectivity index is 2.72. The average Bonchev–Trinajstić information content (AvgIpc) is 2.45. The molecule has 0 bridgehead atoms. The minimum absolute atomic E-state index is 0.565. The minimum atomic E-state index is 0.565. The highest BCUT2D eigenvalue weighted by molar-refractivity contribution is 6.29. The van der Waals surface area contributed by atoms with Crippen LogP contribution < -0.4 is 0 Å². The normalized spacial score (nSPS) is 11.2. The van der Waals surface area contributed by atoms with Gasteiger partial charge in [-0.15, -0.1) is 5.10 Å². The summed E-state index contributed by atoms with van der Waals surface area (Å²) in [5, 5.41) is 8.51. The molecule has 0 aliphatic rings. The Bertz CT molecular complexity index is 281. The van der Waals surface area contributed by atoms with Crippen LogP contribution in [0, 0.1) is 5.92 Å². The molecule has 0 aromatic carbocycles. The van der Waals surface area contributed by atoms with E-state index in [0.29, 0.717) is 11.1 Å². The molecule has 1 aromatic rings. The van der Waals surface area contributed by atoms with Crippen molar-refractivity contribution in [3.8, 4) is 0 Å². The van der Waals surface area contributed by atoms with Crippen molar-refractivity contribution in [3.63, 3.8) is 0 Å². The SMILES string of the molecule is CCCCn1nnc(Cl)c1CC(C)C. The van der Waals surface area contributed by atoms with Crippen molar-refractivity contribution in [2.24, 2.45) is 5.92 Å². The van der Waals surface area contributed by atoms with Crippen molar-refractivity contribution in [1.29, 1.82) is 0 Å². The van der Waals surface area contributed by atoms with Crippen molar-refractivity contribution >= 4 is 11.6 Å². The summed E-state index contributed by atoms with van der Waals surface area (Å²) in [6, 6.07) is 0. The lowest BCUT2D eigenvalue weighted by Crippen LogP contribution is -2.07. The number of aromatic nitrogens is 3. The van der Waals surface area contributed by atoms with Gasteiger partial charge >= 0.3 is 0 Å². The molecule has 1 heterocycles. The summed E-state index contributed by atoms with van der Waals surface area (Å²) < 4.78 is 1.94. The summed E-state index contributed by atoms with van der Waals surface area (Å²) in [7, 11) is 0. The van der Waals surface area contributed by atoms with Crippen molar-refractivity contribution in [3.05, 3.63) is 10.8 Å². The van der Waals surface area contributed by atoms with Gasteiger partial charge in [-0.1, -0.05) is 44.0 Å². The lowest BCUT2D eigenvalue weighted by atomic mass is 10.1. The van der Waals surface area contributed by atoms with Crippen LogP contribution in [0.5, 0.6) is 0 Å². The van der Waals surface area contributed by atoms with Crippen LogP contribution in [0.25, 0.3) is 0 Å². The quantitative estimate of drug-likeness (QED) is 0.756. The second-order valence-electron chi connectivity index (χ2n) is 4.00. The number of hydrogen-bond acceptors (Lipinski definition) is 2. The number of unbranched alkanes of at least 4 members (excludes halogenated alkanes) is 1. The van der Waals surface area contributed by atoms with Crippen LogP contribution >= 0.6 is 11.6 Å². The Labute approximate surface area is 90.4 Å². The van der Waals surface area contributed by atoms with E-state index < -0.39 is 0 Å². The number of nitrogens with zero attached hydrogens (tertiary/aromatic N) is 3. The van der Waals surface area contributed by atoms with E-state index in [1.807, 2.05) is 4.68 Å². The van der Waals surface area contributed by atoms with Gasteiger partial charge in [-0.25, -0.2) is 4.68 Å². The Hall–Kier alpha value is -0.570. The van der Waals surface area contributed by atoms with Crippen LogP contribution in [0.1, 0.15) is 39.3 Å². The summed E-state index contributed by atoms with van der Waals surface area (Å²) >= 11 is 5.97. The van der Waals surface area contributed by atoms with Gasteiger partial charge in [0.2, 0.25) is 0 Å². The second kappa shape index (κ2) is 5.35. The zero-order valence-corrected chi connectivity index (χ0v) is 9.88. The number of aryl methyl sites for hydroxylation is 1. The third-order valence-corrected chi connectivity index (χ3v) is 2.41. The number of halogens is 1. The maximum atomic E-state index is 5.97. The van der Waals surface area contributed by atoms with Gasteiger partial charge in [0.25, 0.3) is 0 Å². The second-order valence-corrected chi connectivity index (χ2v) is 4.36. The first kappa shape index (κ1) is 11.5. The van der Waals surface area contributed by atoms with Crippen molar-refractivity contribution < 1.29 is 0 Å². The molecule has 0 fully saturated rings. The summed E-state index contributed by atoms with van der Waals surface area (Å²) in [5.41, 5.74) is 1.08. The maximum absolute atomic E-state index is 5.97. The standard InChI is InChI=1S/C10H18ClN3/c1-4-5-6-14-9(7-8(2)3)10(11)12-13-14/h8H,4-7H2,1-3H3. The van der Waals surface area contributed by atoms with Gasteiger partial charge in [0.1, 0.15) is 0 Å². The van der Waals surface area contributed by atoms with Crippen LogP contribution in [0.3, 0.4) is 0 Å². The van der Waals surface area contributed by atoms with Crippen molar-refractivity contribution in [1.82, 2.24) is 15.0 Å². The van der Waals surface area contributed by atoms with Gasteiger partial charge in [-0.05, 0) is 18.8 Å². The molecule has 0 radical (unpaired) electrons. The van der Waals surface area contributed by atoms with Gasteiger partial charge < -0.3 is 0 Å². The molecule has 0 aliphatic carbocycles. The first-order valence-corrected chi connectivity index (χ1v) is 5.60. The fraction of sp³-hybridized carbons (Fsp3) is 0.800. The average molecular weight is 216 g/mol. The molecule has 14 heavy (non-hydrogen) atoms. The van der Waals surface area contributed by atoms with E-state index >= 15 is 0 Å². The lowest BCUT2D eigenvalue weighted by Gasteiger charge is -2.07. The summed E-state index contributed by atoms with van der Waals surface area (Å²) in [5.74, 6) is 0.589. The largest absolute Gasteiger partial charge is 0.248 e. The van der Waals surface area contributed by atoms with Crippen molar-refractivity contribution in [2.45, 2.75) is 46.6 Å². The first-order valence-electron chi connectivity index (χ1n) is 5.23. The fourth-order valence-corrected chi connectivity index (χ4v) is 1.58. The Morgan fingerprint density at radius 3 is 2.71 bits per heavy atom. The zero-order chi connectivity index (χ0) is 10.6. The smallest absolute Gasteiger partial charge is 0.174 e. The van der Waals surface area contributed by atoms with E-state index in [4.69, 9.17) is 11.6 Å². The van der Waals surface area contributed by atoms with Crippen LogP contribution in [0.4, 0.5) is 0 Å². The van der Waals surface area contributed by atoms with E-state index in [2.05, 4.69) is 31.1 Å². The fourth-order valence-electron chi connectivity index (χ4n) is 1.38. The lowest BCUT2D eigenvalue weighted by molar-refractivity contribution is 0.511. The molecular weight excluding hydrogens is 198 g/mol. The molecule has 0 aliphatic heterocycles. The molecule has 0 spiro atoms. The number of hydrogen-bond donors (Lipinski definition) is 0. The molecule has 1 aromatic heterocycles. The molecule has 3 nitrogen and oxygen atoms in total. The van der Waals surface area contributed by atoms with Crippen LogP contribution in [-0.4, -0.2) is 15.0 Å². The molecular formula is C10H18ClN3. The maximum Gasteiger partial charge on any atom is 0.174 e. The first-order chi connectivity index (χ1) is 6.65. The summed E-state index contributed by atoms with van der Waals surface area (Å²) in [6.45, 7) is 7.44. The highest BCUT2D eigenvalue weighted by atomic mass is 35.5. The molecule has 0 saturated heterocycles. The van der Waals surface area contributed by atoms with Crippen LogP contribution in [0.15, 0.2) is 0 Å². The van der Waals surface area contributed by atoms with Gasteiger partial charge in [-0.3, -0.25) is 0 Å². The molecule has 0 amide bonds. The van der Waals surface area contributed by atoms with E-state index in [9.17, 15) is 0 Å².